The lowest BCUT2D eigenvalue weighted by molar-refractivity contribution is -0.291. The molecule has 1 saturated heterocycles. The Hall–Kier alpha value is -3.75. The van der Waals surface area contributed by atoms with Crippen molar-refractivity contribution in [3.63, 3.8) is 0 Å². The van der Waals surface area contributed by atoms with Crippen molar-refractivity contribution in [3.8, 4) is 0 Å². The Bertz CT molecular complexity index is 1060. The number of rotatable bonds is 9. The number of esters is 3. The Morgan fingerprint density at radius 1 is 0.806 bits per heavy atom. The molecule has 0 aromatic heterocycles. The normalized spacial score (nSPS) is 23.9. The highest BCUT2D eigenvalue weighted by Crippen LogP contribution is 2.30. The van der Waals surface area contributed by atoms with Gasteiger partial charge in [0.15, 0.2) is 24.6 Å². The van der Waals surface area contributed by atoms with Gasteiger partial charge < -0.3 is 23.7 Å². The average molecular weight is 495 g/mol. The summed E-state index contributed by atoms with van der Waals surface area (Å²) in [6.45, 7) is 4.92. The highest BCUT2D eigenvalue weighted by molar-refractivity contribution is 5.90. The van der Waals surface area contributed by atoms with E-state index in [2.05, 4.69) is 0 Å². The van der Waals surface area contributed by atoms with Gasteiger partial charge in [0.25, 0.3) is 0 Å². The van der Waals surface area contributed by atoms with Crippen LogP contribution in [0, 0.1) is 0 Å². The molecule has 0 bridgehead atoms. The molecule has 0 aliphatic carbocycles. The quantitative estimate of drug-likeness (QED) is 0.290. The predicted molar refractivity (Wildman–Crippen MR) is 131 cm³/mol. The minimum Gasteiger partial charge on any atom is -0.454 e. The van der Waals surface area contributed by atoms with E-state index < -0.39 is 48.6 Å². The molecular formula is C28H30O8. The maximum Gasteiger partial charge on any atom is 0.338 e. The van der Waals surface area contributed by atoms with Gasteiger partial charge in [-0.2, -0.15) is 0 Å². The lowest BCUT2D eigenvalue weighted by atomic mass is 9.98. The van der Waals surface area contributed by atoms with Gasteiger partial charge in [0, 0.05) is 6.92 Å². The van der Waals surface area contributed by atoms with Gasteiger partial charge in [-0.15, -0.1) is 0 Å². The minimum absolute atomic E-state index is 0.141. The van der Waals surface area contributed by atoms with Gasteiger partial charge in [-0.3, -0.25) is 4.79 Å². The molecular weight excluding hydrogens is 464 g/mol. The van der Waals surface area contributed by atoms with Crippen molar-refractivity contribution in [1.29, 1.82) is 0 Å². The zero-order chi connectivity index (χ0) is 25.9. The molecule has 1 aliphatic rings. The van der Waals surface area contributed by atoms with Gasteiger partial charge in [-0.1, -0.05) is 60.7 Å². The molecule has 0 saturated carbocycles. The van der Waals surface area contributed by atoms with Crippen LogP contribution in [0.4, 0.5) is 0 Å². The molecule has 3 rings (SSSR count). The van der Waals surface area contributed by atoms with E-state index in [1.54, 1.807) is 79.7 Å². The van der Waals surface area contributed by atoms with Crippen LogP contribution in [0.15, 0.2) is 85.0 Å². The third-order valence-corrected chi connectivity index (χ3v) is 5.33. The van der Waals surface area contributed by atoms with Crippen molar-refractivity contribution in [3.05, 3.63) is 96.1 Å². The number of carbonyl (C=O) groups excluding carboxylic acids is 3. The van der Waals surface area contributed by atoms with Crippen LogP contribution in [0.1, 0.15) is 41.5 Å². The van der Waals surface area contributed by atoms with Gasteiger partial charge >= 0.3 is 17.9 Å². The largest absolute Gasteiger partial charge is 0.454 e. The second-order valence-electron chi connectivity index (χ2n) is 8.04. The summed E-state index contributed by atoms with van der Waals surface area (Å²) < 4.78 is 28.9. The van der Waals surface area contributed by atoms with Crippen LogP contribution >= 0.6 is 0 Å². The highest BCUT2D eigenvalue weighted by Gasteiger charge is 2.51. The zero-order valence-corrected chi connectivity index (χ0v) is 20.4. The van der Waals surface area contributed by atoms with Crippen LogP contribution < -0.4 is 0 Å². The van der Waals surface area contributed by atoms with Crippen LogP contribution in [0.25, 0.3) is 0 Å². The summed E-state index contributed by atoms with van der Waals surface area (Å²) in [4.78, 5) is 37.8. The van der Waals surface area contributed by atoms with Gasteiger partial charge in [0.05, 0.1) is 23.8 Å². The molecule has 190 valence electrons. The second kappa shape index (κ2) is 13.4. The molecule has 1 fully saturated rings. The SMILES string of the molecule is CC=CC=CCO[C@@H]1OC(C)[C@H](OC(=O)c2ccccc2)[C@H](OC(C)=O)C1OC(=O)c1ccccc1. The van der Waals surface area contributed by atoms with Crippen LogP contribution in [-0.2, 0) is 28.5 Å². The fourth-order valence-electron chi connectivity index (χ4n) is 3.65. The number of carbonyl (C=O) groups is 3. The van der Waals surface area contributed by atoms with Gasteiger partial charge in [-0.25, -0.2) is 9.59 Å². The molecule has 0 amide bonds. The first-order chi connectivity index (χ1) is 17.4. The highest BCUT2D eigenvalue weighted by atomic mass is 16.7. The summed E-state index contributed by atoms with van der Waals surface area (Å²) in [7, 11) is 0. The first-order valence-electron chi connectivity index (χ1n) is 11.6. The summed E-state index contributed by atoms with van der Waals surface area (Å²) in [5, 5.41) is 0. The van der Waals surface area contributed by atoms with Crippen LogP contribution in [0.2, 0.25) is 0 Å². The van der Waals surface area contributed by atoms with Crippen molar-refractivity contribution >= 4 is 17.9 Å². The topological polar surface area (TPSA) is 97.4 Å². The summed E-state index contributed by atoms with van der Waals surface area (Å²) in [5.74, 6) is -1.93. The molecule has 5 atom stereocenters. The molecule has 0 spiro atoms. The van der Waals surface area contributed by atoms with Gasteiger partial charge in [-0.05, 0) is 38.1 Å². The number of hydrogen-bond acceptors (Lipinski definition) is 8. The van der Waals surface area contributed by atoms with Gasteiger partial charge in [0.2, 0.25) is 0 Å². The van der Waals surface area contributed by atoms with E-state index in [4.69, 9.17) is 23.7 Å². The molecule has 8 nitrogen and oxygen atoms in total. The third kappa shape index (κ3) is 7.37. The lowest BCUT2D eigenvalue weighted by Gasteiger charge is -2.43. The second-order valence-corrected chi connectivity index (χ2v) is 8.04. The standard InChI is InChI=1S/C28H30O8/c1-4-5-6-13-18-32-28-25(36-27(31)22-16-11-8-12-17-22)24(34-20(3)29)23(19(2)33-28)35-26(30)21-14-9-7-10-15-21/h4-17,19,23-25,28H,18H2,1-3H3/t19?,23-,24-,25?,28+/m0/s1. The molecule has 2 aromatic rings. The number of hydrogen-bond donors (Lipinski definition) is 0. The van der Waals surface area contributed by atoms with Crippen molar-refractivity contribution in [2.75, 3.05) is 6.61 Å². The molecule has 36 heavy (non-hydrogen) atoms. The molecule has 1 aliphatic heterocycles. The molecule has 2 aromatic carbocycles. The van der Waals surface area contributed by atoms with Crippen molar-refractivity contribution in [2.24, 2.45) is 0 Å². The Morgan fingerprint density at radius 2 is 1.36 bits per heavy atom. The average Bonchev–Trinajstić information content (AvgIpc) is 2.88. The Morgan fingerprint density at radius 3 is 1.89 bits per heavy atom. The summed E-state index contributed by atoms with van der Waals surface area (Å²) in [6.07, 6.45) is 1.99. The summed E-state index contributed by atoms with van der Waals surface area (Å²) in [6, 6.07) is 16.8. The fraction of sp³-hybridized carbons (Fsp3) is 0.321. The van der Waals surface area contributed by atoms with E-state index >= 15 is 0 Å². The Kier molecular flexibility index (Phi) is 9.97. The number of ether oxygens (including phenoxy) is 5. The lowest BCUT2D eigenvalue weighted by Crippen LogP contribution is -2.61. The van der Waals surface area contributed by atoms with Gasteiger partial charge in [0.1, 0.15) is 0 Å². The zero-order valence-electron chi connectivity index (χ0n) is 20.4. The number of benzene rings is 2. The van der Waals surface area contributed by atoms with E-state index in [0.29, 0.717) is 11.1 Å². The molecule has 8 heteroatoms. The number of allylic oxidation sites excluding steroid dienone is 3. The van der Waals surface area contributed by atoms with E-state index in [-0.39, 0.29) is 6.61 Å². The maximum absolute atomic E-state index is 12.9. The molecule has 1 heterocycles. The van der Waals surface area contributed by atoms with E-state index in [1.807, 2.05) is 19.1 Å². The maximum atomic E-state index is 12.9. The van der Waals surface area contributed by atoms with Crippen molar-refractivity contribution in [1.82, 2.24) is 0 Å². The van der Waals surface area contributed by atoms with E-state index in [9.17, 15) is 14.4 Å². The molecule has 0 radical (unpaired) electrons. The van der Waals surface area contributed by atoms with Crippen LogP contribution in [0.3, 0.4) is 0 Å². The summed E-state index contributed by atoms with van der Waals surface area (Å²) >= 11 is 0. The summed E-state index contributed by atoms with van der Waals surface area (Å²) in [5.41, 5.74) is 0.610. The van der Waals surface area contributed by atoms with Crippen molar-refractivity contribution in [2.45, 2.75) is 51.5 Å². The smallest absolute Gasteiger partial charge is 0.338 e. The predicted octanol–water partition coefficient (Wildman–Crippen LogP) is 4.26. The molecule has 2 unspecified atom stereocenters. The first-order valence-corrected chi connectivity index (χ1v) is 11.6. The molecule has 0 N–H and O–H groups in total. The van der Waals surface area contributed by atoms with E-state index in [1.165, 1.54) is 6.92 Å². The Balaban J connectivity index is 1.89. The minimum atomic E-state index is -1.21. The Labute approximate surface area is 210 Å². The van der Waals surface area contributed by atoms with E-state index in [0.717, 1.165) is 0 Å². The van der Waals surface area contributed by atoms with Crippen molar-refractivity contribution < 1.29 is 38.1 Å². The first kappa shape index (κ1) is 26.8. The third-order valence-electron chi connectivity index (χ3n) is 5.33. The van der Waals surface area contributed by atoms with Crippen LogP contribution in [0.5, 0.6) is 0 Å². The van der Waals surface area contributed by atoms with Crippen LogP contribution in [-0.4, -0.2) is 55.2 Å². The monoisotopic (exact) mass is 494 g/mol. The fourth-order valence-corrected chi connectivity index (χ4v) is 3.65.